The summed E-state index contributed by atoms with van der Waals surface area (Å²) in [5, 5.41) is 2.86. The summed E-state index contributed by atoms with van der Waals surface area (Å²) in [4.78, 5) is 16.4. The second-order valence-electron chi connectivity index (χ2n) is 6.74. The molecule has 0 radical (unpaired) electrons. The Morgan fingerprint density at radius 1 is 1.07 bits per heavy atom. The molecule has 28 heavy (non-hydrogen) atoms. The average molecular weight is 410 g/mol. The highest BCUT2D eigenvalue weighted by Crippen LogP contribution is 2.26. The zero-order valence-corrected chi connectivity index (χ0v) is 16.3. The van der Waals surface area contributed by atoms with Crippen LogP contribution in [0.1, 0.15) is 6.92 Å². The topological polar surface area (TPSA) is 36.8 Å². The Hall–Kier alpha value is -2.19. The number of alkyl halides is 2. The van der Waals surface area contributed by atoms with E-state index in [0.29, 0.717) is 22.3 Å². The number of nitrogens with zero attached hydrogens (tertiary/aromatic N) is 1. The summed E-state index contributed by atoms with van der Waals surface area (Å²) in [5.41, 5.74) is 1.58. The molecule has 2 aromatic rings. The van der Waals surface area contributed by atoms with Gasteiger partial charge in [0.2, 0.25) is 0 Å². The first kappa shape index (κ1) is 20.5. The Balaban J connectivity index is 1.50. The number of rotatable bonds is 6. The summed E-state index contributed by atoms with van der Waals surface area (Å²) in [5.74, 6) is -2.81. The van der Waals surface area contributed by atoms with Gasteiger partial charge in [0.25, 0.3) is 11.7 Å². The van der Waals surface area contributed by atoms with Crippen LogP contribution in [0.15, 0.2) is 53.4 Å². The molecule has 1 saturated heterocycles. The van der Waals surface area contributed by atoms with Crippen molar-refractivity contribution in [2.75, 3.05) is 36.4 Å². The Labute approximate surface area is 166 Å². The number of piperazine rings is 1. The van der Waals surface area contributed by atoms with Crippen LogP contribution in [0.25, 0.3) is 0 Å². The molecule has 2 N–H and O–H groups in total. The van der Waals surface area contributed by atoms with E-state index in [1.54, 1.807) is 36.4 Å². The highest BCUT2D eigenvalue weighted by atomic mass is 32.2. The number of thioether (sulfide) groups is 1. The van der Waals surface area contributed by atoms with E-state index in [9.17, 15) is 18.0 Å². The molecule has 1 aliphatic heterocycles. The van der Waals surface area contributed by atoms with Crippen LogP contribution >= 0.6 is 11.8 Å². The maximum absolute atomic E-state index is 13.1. The van der Waals surface area contributed by atoms with Crippen molar-refractivity contribution in [2.45, 2.75) is 23.6 Å². The predicted molar refractivity (Wildman–Crippen MR) is 106 cm³/mol. The lowest BCUT2D eigenvalue weighted by atomic mass is 10.2. The predicted octanol–water partition coefficient (Wildman–Crippen LogP) is 2.87. The van der Waals surface area contributed by atoms with E-state index >= 15 is 0 Å². The van der Waals surface area contributed by atoms with Gasteiger partial charge in [0.05, 0.1) is 26.2 Å². The molecular weight excluding hydrogens is 387 g/mol. The van der Waals surface area contributed by atoms with E-state index in [1.165, 1.54) is 17.0 Å². The summed E-state index contributed by atoms with van der Waals surface area (Å²) in [6.07, 6.45) is 0. The van der Waals surface area contributed by atoms with Gasteiger partial charge in [-0.2, -0.15) is 8.78 Å². The summed E-state index contributed by atoms with van der Waals surface area (Å²) in [6.45, 7) is 5.07. The van der Waals surface area contributed by atoms with Crippen LogP contribution in [-0.2, 0) is 4.79 Å². The fraction of sp³-hybridized carbons (Fsp3) is 0.350. The van der Waals surface area contributed by atoms with Gasteiger partial charge in [-0.15, -0.1) is 0 Å². The molecule has 150 valence electrons. The number of carbonyl (C=O) groups excluding carboxylic acids is 1. The minimum Gasteiger partial charge on any atom is -0.360 e. The van der Waals surface area contributed by atoms with E-state index in [4.69, 9.17) is 0 Å². The van der Waals surface area contributed by atoms with Crippen molar-refractivity contribution < 1.29 is 22.9 Å². The molecule has 3 rings (SSSR count). The Kier molecular flexibility index (Phi) is 6.85. The summed E-state index contributed by atoms with van der Waals surface area (Å²) >= 11 is 0.479. The molecule has 1 heterocycles. The zero-order valence-electron chi connectivity index (χ0n) is 15.5. The maximum atomic E-state index is 13.1. The first-order chi connectivity index (χ1) is 13.4. The van der Waals surface area contributed by atoms with Gasteiger partial charge in [-0.3, -0.25) is 4.79 Å². The molecule has 0 bridgehead atoms. The fourth-order valence-electron chi connectivity index (χ4n) is 3.29. The summed E-state index contributed by atoms with van der Waals surface area (Å²) in [7, 11) is 0. The van der Waals surface area contributed by atoms with Crippen molar-refractivity contribution in [2.24, 2.45) is 0 Å². The SMILES string of the molecule is C[C@H](C(=O)Nc1ccc(SC(F)F)cc1)[NH+]1CCN(c2ccc(F)cc2)CC1. The van der Waals surface area contributed by atoms with Crippen molar-refractivity contribution >= 4 is 29.0 Å². The third-order valence-corrected chi connectivity index (χ3v) is 5.67. The second kappa shape index (κ2) is 9.34. The summed E-state index contributed by atoms with van der Waals surface area (Å²) in [6, 6.07) is 12.6. The van der Waals surface area contributed by atoms with Crippen molar-refractivity contribution in [1.29, 1.82) is 0 Å². The van der Waals surface area contributed by atoms with E-state index in [0.717, 1.165) is 31.9 Å². The zero-order chi connectivity index (χ0) is 20.1. The van der Waals surface area contributed by atoms with Gasteiger partial charge in [0.15, 0.2) is 6.04 Å². The number of nitrogens with one attached hydrogen (secondary N) is 2. The number of benzene rings is 2. The number of hydrogen-bond acceptors (Lipinski definition) is 3. The fourth-order valence-corrected chi connectivity index (χ4v) is 3.79. The van der Waals surface area contributed by atoms with E-state index in [2.05, 4.69) is 10.2 Å². The smallest absolute Gasteiger partial charge is 0.288 e. The molecule has 0 spiro atoms. The van der Waals surface area contributed by atoms with Gasteiger partial charge in [0.1, 0.15) is 5.82 Å². The van der Waals surface area contributed by atoms with Gasteiger partial charge in [-0.05, 0) is 55.5 Å². The van der Waals surface area contributed by atoms with Gasteiger partial charge >= 0.3 is 0 Å². The quantitative estimate of drug-likeness (QED) is 0.719. The van der Waals surface area contributed by atoms with Crippen LogP contribution < -0.4 is 15.1 Å². The molecule has 1 amide bonds. The normalized spacial score (nSPS) is 16.2. The number of halogens is 3. The van der Waals surface area contributed by atoms with Crippen LogP contribution in [0.2, 0.25) is 0 Å². The molecule has 0 unspecified atom stereocenters. The Bertz CT molecular complexity index is 778. The molecule has 0 saturated carbocycles. The van der Waals surface area contributed by atoms with E-state index < -0.39 is 5.76 Å². The third-order valence-electron chi connectivity index (χ3n) is 4.95. The van der Waals surface area contributed by atoms with Gasteiger partial charge in [-0.25, -0.2) is 4.39 Å². The number of amides is 1. The lowest BCUT2D eigenvalue weighted by Gasteiger charge is -2.36. The minimum absolute atomic E-state index is 0.0977. The Morgan fingerprint density at radius 2 is 1.68 bits per heavy atom. The van der Waals surface area contributed by atoms with E-state index in [1.807, 2.05) is 6.92 Å². The highest BCUT2D eigenvalue weighted by molar-refractivity contribution is 7.99. The Morgan fingerprint density at radius 3 is 2.25 bits per heavy atom. The number of hydrogen-bond donors (Lipinski definition) is 2. The van der Waals surface area contributed by atoms with E-state index in [-0.39, 0.29) is 17.8 Å². The number of anilines is 2. The molecule has 1 atom stereocenters. The lowest BCUT2D eigenvalue weighted by Crippen LogP contribution is -3.19. The first-order valence-electron chi connectivity index (χ1n) is 9.13. The van der Waals surface area contributed by atoms with Gasteiger partial charge < -0.3 is 15.1 Å². The average Bonchev–Trinajstić information content (AvgIpc) is 2.69. The first-order valence-corrected chi connectivity index (χ1v) is 10.0. The lowest BCUT2D eigenvalue weighted by molar-refractivity contribution is -0.914. The molecule has 4 nitrogen and oxygen atoms in total. The monoisotopic (exact) mass is 410 g/mol. The van der Waals surface area contributed by atoms with Crippen molar-refractivity contribution in [3.05, 3.63) is 54.3 Å². The third kappa shape index (κ3) is 5.42. The molecular formula is C20H23F3N3OS+. The van der Waals surface area contributed by atoms with Crippen LogP contribution in [0, 0.1) is 5.82 Å². The largest absolute Gasteiger partial charge is 0.360 e. The van der Waals surface area contributed by atoms with Crippen molar-refractivity contribution in [1.82, 2.24) is 0 Å². The summed E-state index contributed by atoms with van der Waals surface area (Å²) < 4.78 is 37.8. The van der Waals surface area contributed by atoms with Crippen LogP contribution in [0.3, 0.4) is 0 Å². The molecule has 8 heteroatoms. The van der Waals surface area contributed by atoms with Crippen LogP contribution in [0.4, 0.5) is 24.5 Å². The standard InChI is InChI=1S/C20H22F3N3OS/c1-14(19(27)24-16-4-8-18(9-5-16)28-20(22)23)25-10-12-26(13-11-25)17-6-2-15(21)3-7-17/h2-9,14,20H,10-13H2,1H3,(H,24,27)/p+1/t14-/m1/s1. The number of carbonyl (C=O) groups is 1. The van der Waals surface area contributed by atoms with Crippen molar-refractivity contribution in [3.8, 4) is 0 Å². The second-order valence-corrected chi connectivity index (χ2v) is 7.80. The molecule has 0 aromatic heterocycles. The molecule has 0 aliphatic carbocycles. The van der Waals surface area contributed by atoms with Crippen LogP contribution in [0.5, 0.6) is 0 Å². The minimum atomic E-state index is -2.46. The molecule has 1 fully saturated rings. The molecule has 1 aliphatic rings. The van der Waals surface area contributed by atoms with Crippen molar-refractivity contribution in [3.63, 3.8) is 0 Å². The maximum Gasteiger partial charge on any atom is 0.288 e. The molecule has 2 aromatic carbocycles. The van der Waals surface area contributed by atoms with Crippen LogP contribution in [-0.4, -0.2) is 43.9 Å². The van der Waals surface area contributed by atoms with Gasteiger partial charge in [0, 0.05) is 16.3 Å². The number of quaternary nitrogens is 1. The van der Waals surface area contributed by atoms with Gasteiger partial charge in [-0.1, -0.05) is 11.8 Å². The highest BCUT2D eigenvalue weighted by Gasteiger charge is 2.29.